The van der Waals surface area contributed by atoms with E-state index in [2.05, 4.69) is 10.6 Å². The summed E-state index contributed by atoms with van der Waals surface area (Å²) in [4.78, 5) is 38.7. The number of hydrogen-bond donors (Lipinski definition) is 3. The standard InChI is InChI=1S/C29H36N2O6/c32-16-18-36-17-15-30-27(33)20-24-13-7-8-14-25(19-22-9-3-1-4-10-22)29(35)37-26(21-31-28(24)34)23-11-5-2-6-12-23/h1-12,24-26,32H,13-21H2,(H,30,33)(H,31,34)/t24-,25+,26-/m1/s1. The maximum absolute atomic E-state index is 13.2. The molecule has 1 aliphatic heterocycles. The number of allylic oxidation sites excluding steroid dienone is 2. The zero-order valence-corrected chi connectivity index (χ0v) is 21.0. The molecule has 0 saturated carbocycles. The Kier molecular flexibility index (Phi) is 11.8. The average Bonchev–Trinajstić information content (AvgIpc) is 2.92. The molecule has 2 amide bonds. The molecule has 8 heteroatoms. The number of amides is 2. The van der Waals surface area contributed by atoms with Crippen LogP contribution in [-0.4, -0.2) is 55.8 Å². The molecule has 0 unspecified atom stereocenters. The molecule has 0 aromatic heterocycles. The summed E-state index contributed by atoms with van der Waals surface area (Å²) in [6.45, 7) is 0.841. The molecule has 0 bridgehead atoms. The number of benzene rings is 2. The zero-order valence-electron chi connectivity index (χ0n) is 21.0. The van der Waals surface area contributed by atoms with E-state index >= 15 is 0 Å². The Balaban J connectivity index is 1.73. The molecule has 0 radical (unpaired) electrons. The van der Waals surface area contributed by atoms with Gasteiger partial charge in [0.2, 0.25) is 11.8 Å². The molecule has 3 N–H and O–H groups in total. The number of nitrogens with one attached hydrogen (secondary N) is 2. The Labute approximate surface area is 218 Å². The zero-order chi connectivity index (χ0) is 26.3. The van der Waals surface area contributed by atoms with Crippen molar-refractivity contribution in [2.45, 2.75) is 31.8 Å². The first-order valence-corrected chi connectivity index (χ1v) is 12.7. The number of esters is 1. The molecule has 0 fully saturated rings. The summed E-state index contributed by atoms with van der Waals surface area (Å²) in [5, 5.41) is 14.4. The topological polar surface area (TPSA) is 114 Å². The molecule has 0 saturated heterocycles. The number of carbonyl (C=O) groups excluding carboxylic acids is 3. The summed E-state index contributed by atoms with van der Waals surface area (Å²) in [6.07, 6.45) is 4.54. The van der Waals surface area contributed by atoms with Gasteiger partial charge in [-0.3, -0.25) is 14.4 Å². The number of ether oxygens (including phenoxy) is 2. The minimum atomic E-state index is -0.641. The molecule has 8 nitrogen and oxygen atoms in total. The van der Waals surface area contributed by atoms with E-state index < -0.39 is 12.0 Å². The molecule has 2 aromatic carbocycles. The van der Waals surface area contributed by atoms with Crippen LogP contribution in [0.15, 0.2) is 72.8 Å². The van der Waals surface area contributed by atoms with Crippen LogP contribution in [0.25, 0.3) is 0 Å². The Morgan fingerprint density at radius 3 is 2.35 bits per heavy atom. The van der Waals surface area contributed by atoms with Crippen LogP contribution in [-0.2, 0) is 30.3 Å². The van der Waals surface area contributed by atoms with Crippen LogP contribution >= 0.6 is 0 Å². The summed E-state index contributed by atoms with van der Waals surface area (Å²) in [6, 6.07) is 19.2. The van der Waals surface area contributed by atoms with Gasteiger partial charge in [-0.25, -0.2) is 0 Å². The van der Waals surface area contributed by atoms with E-state index in [0.29, 0.717) is 25.8 Å². The molecular weight excluding hydrogens is 472 g/mol. The lowest BCUT2D eigenvalue weighted by atomic mass is 9.94. The van der Waals surface area contributed by atoms with Gasteiger partial charge in [0.05, 0.1) is 38.2 Å². The van der Waals surface area contributed by atoms with Gasteiger partial charge in [-0.05, 0) is 30.4 Å². The molecule has 2 aromatic rings. The molecule has 1 heterocycles. The first-order valence-electron chi connectivity index (χ1n) is 12.7. The lowest BCUT2D eigenvalue weighted by Crippen LogP contribution is -2.38. The van der Waals surface area contributed by atoms with E-state index in [4.69, 9.17) is 14.6 Å². The van der Waals surface area contributed by atoms with Crippen LogP contribution < -0.4 is 10.6 Å². The first kappa shape index (κ1) is 28.1. The fourth-order valence-electron chi connectivity index (χ4n) is 4.16. The molecule has 1 aliphatic rings. The number of carbonyl (C=O) groups is 3. The number of cyclic esters (lactones) is 1. The van der Waals surface area contributed by atoms with Crippen molar-refractivity contribution in [3.63, 3.8) is 0 Å². The number of rotatable bonds is 10. The van der Waals surface area contributed by atoms with Crippen LogP contribution in [0.5, 0.6) is 0 Å². The third kappa shape index (κ3) is 9.82. The van der Waals surface area contributed by atoms with Gasteiger partial charge in [0.1, 0.15) is 6.10 Å². The molecule has 198 valence electrons. The molecule has 37 heavy (non-hydrogen) atoms. The summed E-state index contributed by atoms with van der Waals surface area (Å²) >= 11 is 0. The summed E-state index contributed by atoms with van der Waals surface area (Å²) in [5.74, 6) is -1.76. The minimum Gasteiger partial charge on any atom is -0.455 e. The fraction of sp³-hybridized carbons (Fsp3) is 0.414. The van der Waals surface area contributed by atoms with Crippen LogP contribution in [0.4, 0.5) is 0 Å². The largest absolute Gasteiger partial charge is 0.455 e. The molecular formula is C29H36N2O6. The van der Waals surface area contributed by atoms with Gasteiger partial charge < -0.3 is 25.2 Å². The lowest BCUT2D eigenvalue weighted by molar-refractivity contribution is -0.154. The third-order valence-electron chi connectivity index (χ3n) is 6.16. The maximum Gasteiger partial charge on any atom is 0.310 e. The Morgan fingerprint density at radius 1 is 0.973 bits per heavy atom. The van der Waals surface area contributed by atoms with Crippen molar-refractivity contribution in [1.29, 1.82) is 0 Å². The average molecular weight is 509 g/mol. The van der Waals surface area contributed by atoms with Crippen molar-refractivity contribution in [3.05, 3.63) is 83.9 Å². The van der Waals surface area contributed by atoms with Gasteiger partial charge >= 0.3 is 5.97 Å². The van der Waals surface area contributed by atoms with Crippen molar-refractivity contribution >= 4 is 17.8 Å². The quantitative estimate of drug-likeness (QED) is 0.258. The second kappa shape index (κ2) is 15.6. The first-order chi connectivity index (χ1) is 18.1. The summed E-state index contributed by atoms with van der Waals surface area (Å²) in [5.41, 5.74) is 1.84. The summed E-state index contributed by atoms with van der Waals surface area (Å²) < 4.78 is 11.1. The van der Waals surface area contributed by atoms with Gasteiger partial charge in [0, 0.05) is 13.0 Å². The van der Waals surface area contributed by atoms with Crippen molar-refractivity contribution in [2.24, 2.45) is 11.8 Å². The van der Waals surface area contributed by atoms with Crippen molar-refractivity contribution < 1.29 is 29.0 Å². The predicted octanol–water partition coefficient (Wildman–Crippen LogP) is 2.73. The highest BCUT2D eigenvalue weighted by molar-refractivity contribution is 5.86. The maximum atomic E-state index is 13.2. The minimum absolute atomic E-state index is 0.0272. The molecule has 3 rings (SSSR count). The van der Waals surface area contributed by atoms with E-state index in [1.54, 1.807) is 0 Å². The highest BCUT2D eigenvalue weighted by atomic mass is 16.5. The monoisotopic (exact) mass is 508 g/mol. The van der Waals surface area contributed by atoms with Gasteiger partial charge in [-0.1, -0.05) is 72.8 Å². The second-order valence-corrected chi connectivity index (χ2v) is 9.00. The Hall–Kier alpha value is -3.49. The fourth-order valence-corrected chi connectivity index (χ4v) is 4.16. The van der Waals surface area contributed by atoms with Gasteiger partial charge in [0.15, 0.2) is 0 Å². The lowest BCUT2D eigenvalue weighted by Gasteiger charge is -2.24. The van der Waals surface area contributed by atoms with E-state index in [-0.39, 0.29) is 56.5 Å². The third-order valence-corrected chi connectivity index (χ3v) is 6.16. The number of hydrogen-bond acceptors (Lipinski definition) is 6. The highest BCUT2D eigenvalue weighted by Gasteiger charge is 2.27. The van der Waals surface area contributed by atoms with Crippen molar-refractivity contribution in [2.75, 3.05) is 32.9 Å². The smallest absolute Gasteiger partial charge is 0.310 e. The Bertz CT molecular complexity index is 1010. The number of aliphatic hydroxyl groups is 1. The second-order valence-electron chi connectivity index (χ2n) is 9.00. The predicted molar refractivity (Wildman–Crippen MR) is 139 cm³/mol. The van der Waals surface area contributed by atoms with Crippen LogP contribution in [0.2, 0.25) is 0 Å². The highest BCUT2D eigenvalue weighted by Crippen LogP contribution is 2.23. The molecule has 0 aliphatic carbocycles. The van der Waals surface area contributed by atoms with Gasteiger partial charge in [-0.2, -0.15) is 0 Å². The van der Waals surface area contributed by atoms with Crippen LogP contribution in [0.3, 0.4) is 0 Å². The summed E-state index contributed by atoms with van der Waals surface area (Å²) in [7, 11) is 0. The SMILES string of the molecule is O=C(C[C@H]1CC=CC[C@@H](Cc2ccccc2)C(=O)O[C@@H](c2ccccc2)CNC1=O)NCCOCCO. The van der Waals surface area contributed by atoms with E-state index in [1.165, 1.54) is 0 Å². The van der Waals surface area contributed by atoms with E-state index in [9.17, 15) is 14.4 Å². The van der Waals surface area contributed by atoms with Crippen LogP contribution in [0.1, 0.15) is 36.5 Å². The van der Waals surface area contributed by atoms with Crippen molar-refractivity contribution in [1.82, 2.24) is 10.6 Å². The number of aliphatic hydroxyl groups excluding tert-OH is 1. The van der Waals surface area contributed by atoms with Gasteiger partial charge in [0.25, 0.3) is 0 Å². The van der Waals surface area contributed by atoms with E-state index in [0.717, 1.165) is 11.1 Å². The van der Waals surface area contributed by atoms with Gasteiger partial charge in [-0.15, -0.1) is 0 Å². The molecule has 3 atom stereocenters. The molecule has 0 spiro atoms. The van der Waals surface area contributed by atoms with Crippen molar-refractivity contribution in [3.8, 4) is 0 Å². The normalized spacial score (nSPS) is 20.7. The van der Waals surface area contributed by atoms with E-state index in [1.807, 2.05) is 72.8 Å². The van der Waals surface area contributed by atoms with Crippen LogP contribution in [0, 0.1) is 11.8 Å². The Morgan fingerprint density at radius 2 is 1.65 bits per heavy atom.